The van der Waals surface area contributed by atoms with Crippen molar-refractivity contribution in [3.63, 3.8) is 0 Å². The lowest BCUT2D eigenvalue weighted by atomic mass is 10.2. The van der Waals surface area contributed by atoms with Gasteiger partial charge >= 0.3 is 5.97 Å². The van der Waals surface area contributed by atoms with Crippen LogP contribution in [-0.4, -0.2) is 48.9 Å². The molecule has 11 heteroatoms. The van der Waals surface area contributed by atoms with Crippen LogP contribution in [-0.2, 0) is 17.8 Å². The van der Waals surface area contributed by atoms with Crippen LogP contribution in [0.3, 0.4) is 0 Å². The van der Waals surface area contributed by atoms with Gasteiger partial charge in [-0.25, -0.2) is 4.39 Å². The minimum atomic E-state index is -1.02. The quantitative estimate of drug-likeness (QED) is 0.533. The number of aliphatic carboxylic acids is 1. The number of ether oxygens (including phenoxy) is 1. The maximum Gasteiger partial charge on any atom is 0.304 e. The fraction of sp³-hybridized carbons (Fsp3) is 0.278. The molecular formula is C18H20ClFN6O3. The number of pyridine rings is 1. The molecule has 0 fully saturated rings. The van der Waals surface area contributed by atoms with Crippen molar-refractivity contribution in [2.45, 2.75) is 25.4 Å². The van der Waals surface area contributed by atoms with E-state index in [4.69, 9.17) is 15.6 Å². The van der Waals surface area contributed by atoms with Gasteiger partial charge in [-0.3, -0.25) is 9.78 Å². The van der Waals surface area contributed by atoms with Gasteiger partial charge in [0.25, 0.3) is 0 Å². The molecule has 0 amide bonds. The van der Waals surface area contributed by atoms with Crippen molar-refractivity contribution in [2.75, 3.05) is 6.61 Å². The first-order valence-electron chi connectivity index (χ1n) is 8.58. The van der Waals surface area contributed by atoms with E-state index in [1.165, 1.54) is 12.1 Å². The highest BCUT2D eigenvalue weighted by Gasteiger charge is 2.15. The van der Waals surface area contributed by atoms with E-state index < -0.39 is 17.8 Å². The number of hydrogen-bond acceptors (Lipinski definition) is 7. The highest BCUT2D eigenvalue weighted by atomic mass is 35.5. The molecule has 0 aliphatic heterocycles. The van der Waals surface area contributed by atoms with E-state index >= 15 is 0 Å². The second kappa shape index (κ2) is 10.4. The number of aromatic nitrogens is 5. The molecule has 2 aromatic heterocycles. The fourth-order valence-electron chi connectivity index (χ4n) is 2.53. The third-order valence-corrected chi connectivity index (χ3v) is 3.85. The topological polar surface area (TPSA) is 129 Å². The first-order chi connectivity index (χ1) is 13.5. The largest absolute Gasteiger partial charge is 0.493 e. The zero-order valence-corrected chi connectivity index (χ0v) is 16.1. The SMILES string of the molecule is Cl.NC(CC(=O)O)Cn1nnc(-c2ccc(OCCc3cccnc3)cc2F)n1. The maximum atomic E-state index is 14.4. The number of carbonyl (C=O) groups is 1. The maximum absolute atomic E-state index is 14.4. The summed E-state index contributed by atoms with van der Waals surface area (Å²) in [5.41, 5.74) is 6.88. The summed E-state index contributed by atoms with van der Waals surface area (Å²) in [7, 11) is 0. The molecule has 154 valence electrons. The lowest BCUT2D eigenvalue weighted by Crippen LogP contribution is -2.30. The van der Waals surface area contributed by atoms with E-state index in [1.54, 1.807) is 18.5 Å². The molecule has 1 atom stereocenters. The minimum absolute atomic E-state index is 0. The van der Waals surface area contributed by atoms with E-state index in [-0.39, 0.29) is 36.8 Å². The molecule has 3 rings (SSSR count). The number of rotatable bonds is 9. The zero-order chi connectivity index (χ0) is 19.9. The lowest BCUT2D eigenvalue weighted by molar-refractivity contribution is -0.137. The Labute approximate surface area is 172 Å². The summed E-state index contributed by atoms with van der Waals surface area (Å²) in [5, 5.41) is 20.4. The van der Waals surface area contributed by atoms with Crippen LogP contribution in [0.2, 0.25) is 0 Å². The highest BCUT2D eigenvalue weighted by Crippen LogP contribution is 2.23. The predicted molar refractivity (Wildman–Crippen MR) is 104 cm³/mol. The third kappa shape index (κ3) is 6.47. The zero-order valence-electron chi connectivity index (χ0n) is 15.3. The molecule has 0 saturated carbocycles. The van der Waals surface area contributed by atoms with Gasteiger partial charge < -0.3 is 15.6 Å². The lowest BCUT2D eigenvalue weighted by Gasteiger charge is -2.07. The summed E-state index contributed by atoms with van der Waals surface area (Å²) in [5.74, 6) is -1.09. The molecule has 0 aliphatic rings. The summed E-state index contributed by atoms with van der Waals surface area (Å²) in [6, 6.07) is 7.51. The Balaban J connectivity index is 0.00000300. The van der Waals surface area contributed by atoms with Crippen LogP contribution in [0.5, 0.6) is 5.75 Å². The van der Waals surface area contributed by atoms with Crippen molar-refractivity contribution in [1.29, 1.82) is 0 Å². The number of hydrogen-bond donors (Lipinski definition) is 2. The fourth-order valence-corrected chi connectivity index (χ4v) is 2.53. The molecule has 1 unspecified atom stereocenters. The van der Waals surface area contributed by atoms with Crippen LogP contribution in [0.4, 0.5) is 4.39 Å². The van der Waals surface area contributed by atoms with Crippen LogP contribution in [0, 0.1) is 5.82 Å². The number of tetrazole rings is 1. The molecular weight excluding hydrogens is 403 g/mol. The summed E-state index contributed by atoms with van der Waals surface area (Å²) >= 11 is 0. The number of nitrogens with two attached hydrogens (primary N) is 1. The Kier molecular flexibility index (Phi) is 7.98. The van der Waals surface area contributed by atoms with E-state index in [1.807, 2.05) is 12.1 Å². The Morgan fingerprint density at radius 3 is 2.86 bits per heavy atom. The predicted octanol–water partition coefficient (Wildman–Crippen LogP) is 1.72. The van der Waals surface area contributed by atoms with Crippen LogP contribution in [0.15, 0.2) is 42.7 Å². The second-order valence-corrected chi connectivity index (χ2v) is 6.13. The number of halogens is 2. The van der Waals surface area contributed by atoms with Gasteiger partial charge in [-0.05, 0) is 29.0 Å². The van der Waals surface area contributed by atoms with E-state index in [0.717, 1.165) is 10.4 Å². The highest BCUT2D eigenvalue weighted by molar-refractivity contribution is 5.85. The molecule has 29 heavy (non-hydrogen) atoms. The second-order valence-electron chi connectivity index (χ2n) is 6.13. The van der Waals surface area contributed by atoms with Crippen molar-refractivity contribution in [3.05, 3.63) is 54.1 Å². The van der Waals surface area contributed by atoms with Gasteiger partial charge in [0.2, 0.25) is 5.82 Å². The molecule has 3 N–H and O–H groups in total. The van der Waals surface area contributed by atoms with Crippen molar-refractivity contribution in [3.8, 4) is 17.1 Å². The minimum Gasteiger partial charge on any atom is -0.493 e. The standard InChI is InChI=1S/C18H19FN6O3.ClH/c19-16-9-14(28-7-5-12-2-1-6-21-10-12)3-4-15(16)18-22-24-25(23-18)11-13(20)8-17(26)27;/h1-4,6,9-10,13H,5,7-8,11,20H2,(H,26,27);1H. The van der Waals surface area contributed by atoms with E-state index in [2.05, 4.69) is 20.4 Å². The molecule has 0 bridgehead atoms. The average molecular weight is 423 g/mol. The summed E-state index contributed by atoms with van der Waals surface area (Å²) in [6.07, 6.45) is 3.88. The van der Waals surface area contributed by atoms with Gasteiger partial charge in [0.05, 0.1) is 25.1 Å². The first kappa shape index (κ1) is 22.2. The van der Waals surface area contributed by atoms with Gasteiger partial charge in [0.15, 0.2) is 0 Å². The normalized spacial score (nSPS) is 11.5. The van der Waals surface area contributed by atoms with E-state index in [0.29, 0.717) is 18.8 Å². The van der Waals surface area contributed by atoms with Crippen molar-refractivity contribution in [2.24, 2.45) is 5.73 Å². The summed E-state index contributed by atoms with van der Waals surface area (Å²) < 4.78 is 20.0. The number of carboxylic acids is 1. The Bertz CT molecular complexity index is 940. The van der Waals surface area contributed by atoms with Crippen LogP contribution >= 0.6 is 12.4 Å². The summed E-state index contributed by atoms with van der Waals surface area (Å²) in [6.45, 7) is 0.455. The Morgan fingerprint density at radius 1 is 1.34 bits per heavy atom. The molecule has 1 aromatic carbocycles. The van der Waals surface area contributed by atoms with Crippen LogP contribution in [0.1, 0.15) is 12.0 Å². The average Bonchev–Trinajstić information content (AvgIpc) is 3.10. The number of benzene rings is 1. The van der Waals surface area contributed by atoms with Gasteiger partial charge in [0.1, 0.15) is 11.6 Å². The Morgan fingerprint density at radius 2 is 2.17 bits per heavy atom. The Hall–Kier alpha value is -3.11. The van der Waals surface area contributed by atoms with Crippen molar-refractivity contribution < 1.29 is 19.0 Å². The molecule has 2 heterocycles. The van der Waals surface area contributed by atoms with Gasteiger partial charge in [-0.15, -0.1) is 22.6 Å². The first-order valence-corrected chi connectivity index (χ1v) is 8.58. The summed E-state index contributed by atoms with van der Waals surface area (Å²) in [4.78, 5) is 15.8. The monoisotopic (exact) mass is 422 g/mol. The number of carboxylic acid groups (broad SMARTS) is 1. The van der Waals surface area contributed by atoms with Gasteiger partial charge in [-0.2, -0.15) is 4.80 Å². The molecule has 0 radical (unpaired) electrons. The molecule has 0 aliphatic carbocycles. The van der Waals surface area contributed by atoms with Crippen LogP contribution < -0.4 is 10.5 Å². The van der Waals surface area contributed by atoms with Gasteiger partial charge in [-0.1, -0.05) is 6.07 Å². The van der Waals surface area contributed by atoms with Crippen molar-refractivity contribution >= 4 is 18.4 Å². The molecule has 0 saturated heterocycles. The van der Waals surface area contributed by atoms with Crippen molar-refractivity contribution in [1.82, 2.24) is 25.2 Å². The smallest absolute Gasteiger partial charge is 0.304 e. The van der Waals surface area contributed by atoms with E-state index in [9.17, 15) is 9.18 Å². The number of nitrogens with zero attached hydrogens (tertiary/aromatic N) is 5. The third-order valence-electron chi connectivity index (χ3n) is 3.85. The molecule has 9 nitrogen and oxygen atoms in total. The van der Waals surface area contributed by atoms with Crippen LogP contribution in [0.25, 0.3) is 11.4 Å². The van der Waals surface area contributed by atoms with Gasteiger partial charge in [0, 0.05) is 30.9 Å². The molecule has 0 spiro atoms. The molecule has 3 aromatic rings.